The van der Waals surface area contributed by atoms with E-state index in [4.69, 9.17) is 0 Å². The van der Waals surface area contributed by atoms with Crippen LogP contribution in [0.5, 0.6) is 0 Å². The zero-order valence-corrected chi connectivity index (χ0v) is 16.8. The zero-order valence-electron chi connectivity index (χ0n) is 16.0. The Kier molecular flexibility index (Phi) is 6.06. The predicted octanol–water partition coefficient (Wildman–Crippen LogP) is 1.38. The molecule has 28 heavy (non-hydrogen) atoms. The molecule has 3 aliphatic rings. The van der Waals surface area contributed by atoms with E-state index in [9.17, 15) is 14.0 Å². The molecule has 3 saturated heterocycles. The lowest BCUT2D eigenvalue weighted by Gasteiger charge is -2.36. The molecular formula is C20H27FN4O2S. The minimum Gasteiger partial charge on any atom is -0.368 e. The van der Waals surface area contributed by atoms with Crippen LogP contribution in [0.4, 0.5) is 10.1 Å². The predicted molar refractivity (Wildman–Crippen MR) is 109 cm³/mol. The summed E-state index contributed by atoms with van der Waals surface area (Å²) in [5, 5.41) is 3.31. The summed E-state index contributed by atoms with van der Waals surface area (Å²) in [6.07, 6.45) is 1.25. The van der Waals surface area contributed by atoms with Crippen molar-refractivity contribution in [2.45, 2.75) is 18.9 Å². The molecule has 1 aromatic rings. The molecule has 0 radical (unpaired) electrons. The van der Waals surface area contributed by atoms with Gasteiger partial charge in [-0.3, -0.25) is 9.59 Å². The quantitative estimate of drug-likeness (QED) is 0.819. The van der Waals surface area contributed by atoms with Crippen LogP contribution in [-0.4, -0.2) is 78.6 Å². The summed E-state index contributed by atoms with van der Waals surface area (Å²) in [6, 6.07) is 6.38. The maximum Gasteiger partial charge on any atom is 0.240 e. The first-order chi connectivity index (χ1) is 13.6. The molecular weight excluding hydrogens is 379 g/mol. The van der Waals surface area contributed by atoms with Gasteiger partial charge < -0.3 is 20.0 Å². The number of rotatable bonds is 4. The Labute approximate surface area is 169 Å². The first-order valence-corrected chi connectivity index (χ1v) is 11.1. The molecule has 2 atom stereocenters. The summed E-state index contributed by atoms with van der Waals surface area (Å²) in [4.78, 5) is 31.2. The second-order valence-corrected chi connectivity index (χ2v) is 8.82. The van der Waals surface area contributed by atoms with Crippen LogP contribution >= 0.6 is 11.8 Å². The molecule has 3 fully saturated rings. The molecule has 8 heteroatoms. The number of carbonyl (C=O) groups is 2. The molecule has 1 unspecified atom stereocenters. The van der Waals surface area contributed by atoms with Gasteiger partial charge in [-0.15, -0.1) is 11.8 Å². The highest BCUT2D eigenvalue weighted by molar-refractivity contribution is 7.99. The van der Waals surface area contributed by atoms with Gasteiger partial charge in [-0.25, -0.2) is 4.39 Å². The minimum atomic E-state index is -0.233. The van der Waals surface area contributed by atoms with Gasteiger partial charge in [0.05, 0.1) is 11.9 Å². The topological polar surface area (TPSA) is 55.9 Å². The average molecular weight is 407 g/mol. The first-order valence-electron chi connectivity index (χ1n) is 9.98. The molecule has 3 aliphatic heterocycles. The lowest BCUT2D eigenvalue weighted by molar-refractivity contribution is -0.133. The monoisotopic (exact) mass is 406 g/mol. The molecule has 0 aliphatic carbocycles. The molecule has 1 aromatic carbocycles. The van der Waals surface area contributed by atoms with Crippen molar-refractivity contribution in [2.24, 2.45) is 5.92 Å². The molecule has 0 aromatic heterocycles. The van der Waals surface area contributed by atoms with Crippen molar-refractivity contribution >= 4 is 29.3 Å². The molecule has 4 rings (SSSR count). The highest BCUT2D eigenvalue weighted by Gasteiger charge is 2.35. The molecule has 1 N–H and O–H groups in total. The summed E-state index contributed by atoms with van der Waals surface area (Å²) in [5.74, 6) is 2.17. The number of anilines is 1. The Hall–Kier alpha value is -1.80. The van der Waals surface area contributed by atoms with Crippen LogP contribution in [0.15, 0.2) is 24.3 Å². The third-order valence-corrected chi connectivity index (χ3v) is 6.84. The number of hydrogen-bond acceptors (Lipinski definition) is 5. The van der Waals surface area contributed by atoms with Gasteiger partial charge in [0.2, 0.25) is 11.8 Å². The van der Waals surface area contributed by atoms with E-state index in [0.717, 1.165) is 49.9 Å². The molecule has 0 saturated carbocycles. The van der Waals surface area contributed by atoms with Crippen molar-refractivity contribution < 1.29 is 14.0 Å². The number of amides is 2. The normalized spacial score (nSPS) is 25.4. The van der Waals surface area contributed by atoms with Gasteiger partial charge >= 0.3 is 0 Å². The van der Waals surface area contributed by atoms with Crippen LogP contribution in [0.3, 0.4) is 0 Å². The number of piperazine rings is 1. The van der Waals surface area contributed by atoms with E-state index >= 15 is 0 Å². The maximum absolute atomic E-state index is 13.1. The van der Waals surface area contributed by atoms with Crippen LogP contribution in [0.2, 0.25) is 0 Å². The Morgan fingerprint density at radius 1 is 1.07 bits per heavy atom. The van der Waals surface area contributed by atoms with Crippen molar-refractivity contribution in [2.75, 3.05) is 55.8 Å². The first kappa shape index (κ1) is 19.5. The third-order valence-electron chi connectivity index (χ3n) is 5.87. The molecule has 2 amide bonds. The molecule has 152 valence electrons. The fraction of sp³-hybridized carbons (Fsp3) is 0.600. The van der Waals surface area contributed by atoms with Crippen LogP contribution in [0.25, 0.3) is 0 Å². The highest BCUT2D eigenvalue weighted by atomic mass is 32.2. The smallest absolute Gasteiger partial charge is 0.240 e. The second kappa shape index (κ2) is 8.69. The lowest BCUT2D eigenvalue weighted by Crippen LogP contribution is -2.49. The van der Waals surface area contributed by atoms with Gasteiger partial charge in [0, 0.05) is 50.6 Å². The van der Waals surface area contributed by atoms with Gasteiger partial charge in [0.25, 0.3) is 0 Å². The van der Waals surface area contributed by atoms with Crippen molar-refractivity contribution in [3.05, 3.63) is 30.1 Å². The SMILES string of the molecule is O=C(CC1CN[C@H](C(=O)N2CCSC2)C1)N1CCN(c2ccc(F)cc2)CC1. The second-order valence-electron chi connectivity index (χ2n) is 7.75. The summed E-state index contributed by atoms with van der Waals surface area (Å²) in [6.45, 7) is 4.46. The number of nitrogens with zero attached hydrogens (tertiary/aromatic N) is 3. The zero-order chi connectivity index (χ0) is 19.5. The standard InChI is InChI=1S/C20H27FN4O2S/c21-16-1-3-17(4-2-16)23-5-7-24(8-6-23)19(26)12-15-11-18(22-13-15)20(27)25-9-10-28-14-25/h1-4,15,18,22H,5-14H2/t15?,18-/m0/s1. The van der Waals surface area contributed by atoms with E-state index < -0.39 is 0 Å². The van der Waals surface area contributed by atoms with Crippen LogP contribution in [-0.2, 0) is 9.59 Å². The van der Waals surface area contributed by atoms with Crippen LogP contribution in [0, 0.1) is 11.7 Å². The minimum absolute atomic E-state index is 0.133. The molecule has 6 nitrogen and oxygen atoms in total. The van der Waals surface area contributed by atoms with E-state index in [2.05, 4.69) is 10.2 Å². The Morgan fingerprint density at radius 2 is 1.82 bits per heavy atom. The number of halogens is 1. The number of hydrogen-bond donors (Lipinski definition) is 1. The van der Waals surface area contributed by atoms with Crippen molar-refractivity contribution in [3.8, 4) is 0 Å². The van der Waals surface area contributed by atoms with E-state index in [0.29, 0.717) is 19.5 Å². The van der Waals surface area contributed by atoms with E-state index in [1.54, 1.807) is 23.9 Å². The van der Waals surface area contributed by atoms with Crippen molar-refractivity contribution in [3.63, 3.8) is 0 Å². The Bertz CT molecular complexity index is 703. The summed E-state index contributed by atoms with van der Waals surface area (Å²) >= 11 is 1.79. The third kappa shape index (κ3) is 4.43. The van der Waals surface area contributed by atoms with Gasteiger partial charge in [-0.2, -0.15) is 0 Å². The van der Waals surface area contributed by atoms with Crippen LogP contribution < -0.4 is 10.2 Å². The number of carbonyl (C=O) groups excluding carboxylic acids is 2. The molecule has 0 bridgehead atoms. The molecule has 0 spiro atoms. The van der Waals surface area contributed by atoms with E-state index in [1.807, 2.05) is 9.80 Å². The van der Waals surface area contributed by atoms with Gasteiger partial charge in [-0.1, -0.05) is 0 Å². The van der Waals surface area contributed by atoms with E-state index in [-0.39, 0.29) is 29.6 Å². The van der Waals surface area contributed by atoms with E-state index in [1.165, 1.54) is 12.1 Å². The van der Waals surface area contributed by atoms with Gasteiger partial charge in [0.15, 0.2) is 0 Å². The maximum atomic E-state index is 13.1. The Morgan fingerprint density at radius 3 is 2.50 bits per heavy atom. The summed E-state index contributed by atoms with van der Waals surface area (Å²) < 4.78 is 13.1. The van der Waals surface area contributed by atoms with Crippen LogP contribution in [0.1, 0.15) is 12.8 Å². The van der Waals surface area contributed by atoms with Gasteiger partial charge in [0.1, 0.15) is 5.82 Å². The largest absolute Gasteiger partial charge is 0.368 e. The summed E-state index contributed by atoms with van der Waals surface area (Å²) in [7, 11) is 0. The number of nitrogens with one attached hydrogen (secondary N) is 1. The average Bonchev–Trinajstić information content (AvgIpc) is 3.40. The van der Waals surface area contributed by atoms with Gasteiger partial charge in [-0.05, 0) is 43.1 Å². The fourth-order valence-electron chi connectivity index (χ4n) is 4.20. The van der Waals surface area contributed by atoms with Crippen molar-refractivity contribution in [1.29, 1.82) is 0 Å². The molecule has 3 heterocycles. The lowest BCUT2D eigenvalue weighted by atomic mass is 10.00. The number of benzene rings is 1. The number of thioether (sulfide) groups is 1. The fourth-order valence-corrected chi connectivity index (χ4v) is 5.16. The Balaban J connectivity index is 1.22. The highest BCUT2D eigenvalue weighted by Crippen LogP contribution is 2.23. The summed E-state index contributed by atoms with van der Waals surface area (Å²) in [5.41, 5.74) is 0.995. The van der Waals surface area contributed by atoms with Crippen molar-refractivity contribution in [1.82, 2.24) is 15.1 Å².